The molecule has 12 heteroatoms. The molecule has 1 aromatic carbocycles. The molecule has 1 fully saturated rings. The van der Waals surface area contributed by atoms with Crippen molar-refractivity contribution in [2.45, 2.75) is 32.7 Å². The first-order valence-electron chi connectivity index (χ1n) is 12.3. The summed E-state index contributed by atoms with van der Waals surface area (Å²) in [4.78, 5) is 43.1. The number of hydrogen-bond acceptors (Lipinski definition) is 8. The Kier molecular flexibility index (Phi) is 7.13. The molecular weight excluding hydrogens is 543 g/mol. The summed E-state index contributed by atoms with van der Waals surface area (Å²) in [6.45, 7) is 10.7. The van der Waals surface area contributed by atoms with Gasteiger partial charge in [-0.2, -0.15) is 4.98 Å². The summed E-state index contributed by atoms with van der Waals surface area (Å²) < 4.78 is 16.3. The molecule has 202 valence electrons. The van der Waals surface area contributed by atoms with Crippen LogP contribution in [0, 0.1) is 5.82 Å². The van der Waals surface area contributed by atoms with E-state index in [1.807, 2.05) is 25.7 Å². The standard InChI is InChI=1S/C27H26ClFN6O3S/c1-5-20(37)33-9-10-34(15(4)12-33)24-16-11-17(28)23(21-18(29)7-6-8-19(21)36)31-25(16)35(27(38)32-24)26-22(14(2)3)30-13-39-26/h5-8,11,13-15,36H,1,9-10,12H2,2-4H3/t15-/m0/s1. The fourth-order valence-electron chi connectivity index (χ4n) is 4.84. The molecule has 3 aromatic heterocycles. The van der Waals surface area contributed by atoms with Gasteiger partial charge >= 0.3 is 5.69 Å². The van der Waals surface area contributed by atoms with Crippen LogP contribution in [0.25, 0.3) is 27.3 Å². The van der Waals surface area contributed by atoms with E-state index in [9.17, 15) is 19.1 Å². The van der Waals surface area contributed by atoms with Crippen LogP contribution in [-0.2, 0) is 4.79 Å². The highest BCUT2D eigenvalue weighted by Gasteiger charge is 2.30. The first kappa shape index (κ1) is 26.8. The van der Waals surface area contributed by atoms with E-state index in [4.69, 9.17) is 11.6 Å². The van der Waals surface area contributed by atoms with Gasteiger partial charge in [0.25, 0.3) is 0 Å². The van der Waals surface area contributed by atoms with Gasteiger partial charge in [0, 0.05) is 25.7 Å². The smallest absolute Gasteiger partial charge is 0.356 e. The van der Waals surface area contributed by atoms with Crippen LogP contribution in [0.1, 0.15) is 32.4 Å². The van der Waals surface area contributed by atoms with E-state index in [1.54, 1.807) is 16.5 Å². The van der Waals surface area contributed by atoms with Gasteiger partial charge in [0.05, 0.1) is 32.9 Å². The summed E-state index contributed by atoms with van der Waals surface area (Å²) in [5.74, 6) is -0.835. The molecule has 0 saturated carbocycles. The third-order valence-electron chi connectivity index (χ3n) is 6.74. The second-order valence-corrected chi connectivity index (χ2v) is 10.8. The average molecular weight is 569 g/mol. The van der Waals surface area contributed by atoms with Gasteiger partial charge < -0.3 is 14.9 Å². The van der Waals surface area contributed by atoms with Gasteiger partial charge in [-0.15, -0.1) is 11.3 Å². The van der Waals surface area contributed by atoms with Gasteiger partial charge in [-0.1, -0.05) is 38.1 Å². The zero-order valence-corrected chi connectivity index (χ0v) is 23.1. The highest BCUT2D eigenvalue weighted by Crippen LogP contribution is 2.39. The Labute approximate surface area is 232 Å². The molecule has 0 spiro atoms. The lowest BCUT2D eigenvalue weighted by Gasteiger charge is -2.40. The van der Waals surface area contributed by atoms with Crippen molar-refractivity contribution >= 4 is 45.7 Å². The molecule has 5 rings (SSSR count). The Morgan fingerprint density at radius 3 is 2.74 bits per heavy atom. The minimum atomic E-state index is -0.704. The lowest BCUT2D eigenvalue weighted by molar-refractivity contribution is -0.126. The zero-order chi connectivity index (χ0) is 28.0. The van der Waals surface area contributed by atoms with Crippen LogP contribution in [0.3, 0.4) is 0 Å². The number of anilines is 1. The number of fused-ring (bicyclic) bond motifs is 1. The Bertz CT molecular complexity index is 1650. The van der Waals surface area contributed by atoms with E-state index < -0.39 is 11.5 Å². The number of piperazine rings is 1. The second-order valence-electron chi connectivity index (χ2n) is 9.61. The van der Waals surface area contributed by atoms with Crippen LogP contribution in [0.5, 0.6) is 5.75 Å². The van der Waals surface area contributed by atoms with E-state index in [2.05, 4.69) is 21.5 Å². The molecular formula is C27H26ClFN6O3S. The predicted octanol–water partition coefficient (Wildman–Crippen LogP) is 4.75. The Morgan fingerprint density at radius 2 is 2.08 bits per heavy atom. The normalized spacial score (nSPS) is 15.8. The number of carbonyl (C=O) groups is 1. The SMILES string of the molecule is C=CC(=O)N1CCN(c2nc(=O)n(-c3scnc3C(C)C)c3nc(-c4c(O)cccc4F)c(Cl)cc23)[C@@H](C)C1. The van der Waals surface area contributed by atoms with Gasteiger partial charge in [-0.3, -0.25) is 4.79 Å². The molecule has 0 aliphatic carbocycles. The van der Waals surface area contributed by atoms with Crippen LogP contribution >= 0.6 is 22.9 Å². The molecule has 0 unspecified atom stereocenters. The molecule has 39 heavy (non-hydrogen) atoms. The fraction of sp³-hybridized carbons (Fsp3) is 0.296. The lowest BCUT2D eigenvalue weighted by Crippen LogP contribution is -2.54. The molecule has 1 atom stereocenters. The monoisotopic (exact) mass is 568 g/mol. The van der Waals surface area contributed by atoms with Crippen molar-refractivity contribution in [3.63, 3.8) is 0 Å². The van der Waals surface area contributed by atoms with Crippen molar-refractivity contribution in [3.8, 4) is 22.0 Å². The van der Waals surface area contributed by atoms with E-state index in [1.165, 1.54) is 40.2 Å². The largest absolute Gasteiger partial charge is 0.507 e. The van der Waals surface area contributed by atoms with E-state index in [0.717, 1.165) is 0 Å². The summed E-state index contributed by atoms with van der Waals surface area (Å²) in [6.07, 6.45) is 1.28. The van der Waals surface area contributed by atoms with Crippen molar-refractivity contribution < 1.29 is 14.3 Å². The summed E-state index contributed by atoms with van der Waals surface area (Å²) in [7, 11) is 0. The third kappa shape index (κ3) is 4.65. The van der Waals surface area contributed by atoms with Crippen molar-refractivity contribution in [2.75, 3.05) is 24.5 Å². The Morgan fingerprint density at radius 1 is 1.31 bits per heavy atom. The summed E-state index contributed by atoms with van der Waals surface area (Å²) in [6, 6.07) is 5.34. The number of aromatic nitrogens is 4. The van der Waals surface area contributed by atoms with Crippen molar-refractivity contribution in [1.29, 1.82) is 0 Å². The number of aromatic hydroxyl groups is 1. The van der Waals surface area contributed by atoms with Crippen molar-refractivity contribution in [2.24, 2.45) is 0 Å². The second kappa shape index (κ2) is 10.4. The van der Waals surface area contributed by atoms with Crippen LogP contribution < -0.4 is 10.6 Å². The number of benzene rings is 1. The maximum absolute atomic E-state index is 14.9. The molecule has 1 N–H and O–H groups in total. The van der Waals surface area contributed by atoms with E-state index in [-0.39, 0.29) is 45.5 Å². The molecule has 1 aliphatic rings. The van der Waals surface area contributed by atoms with Gasteiger partial charge in [-0.05, 0) is 37.1 Å². The quantitative estimate of drug-likeness (QED) is 0.346. The minimum Gasteiger partial charge on any atom is -0.507 e. The predicted molar refractivity (Wildman–Crippen MR) is 151 cm³/mol. The highest BCUT2D eigenvalue weighted by molar-refractivity contribution is 7.12. The van der Waals surface area contributed by atoms with E-state index in [0.29, 0.717) is 41.5 Å². The van der Waals surface area contributed by atoms with Crippen LogP contribution in [0.2, 0.25) is 5.02 Å². The average Bonchev–Trinajstić information content (AvgIpc) is 3.38. The molecule has 4 heterocycles. The Hall–Kier alpha value is -3.83. The van der Waals surface area contributed by atoms with Crippen molar-refractivity contribution in [1.82, 2.24) is 24.4 Å². The minimum absolute atomic E-state index is 0.00451. The topological polar surface area (TPSA) is 104 Å². The van der Waals surface area contributed by atoms with E-state index >= 15 is 0 Å². The number of halogens is 2. The number of amides is 1. The number of nitrogens with zero attached hydrogens (tertiary/aromatic N) is 6. The maximum Gasteiger partial charge on any atom is 0.356 e. The van der Waals surface area contributed by atoms with Gasteiger partial charge in [0.2, 0.25) is 5.91 Å². The number of phenolic OH excluding ortho intramolecular Hbond substituents is 1. The summed E-state index contributed by atoms with van der Waals surface area (Å²) >= 11 is 7.93. The fourth-order valence-corrected chi connectivity index (χ4v) is 6.03. The highest BCUT2D eigenvalue weighted by atomic mass is 35.5. The molecule has 1 amide bonds. The molecule has 0 bridgehead atoms. The number of rotatable bonds is 5. The maximum atomic E-state index is 14.9. The number of phenols is 1. The summed E-state index contributed by atoms with van der Waals surface area (Å²) in [5, 5.41) is 11.6. The number of thiazole rings is 1. The molecule has 1 saturated heterocycles. The molecule has 9 nitrogen and oxygen atoms in total. The van der Waals surface area contributed by atoms with Crippen LogP contribution in [0.4, 0.5) is 10.2 Å². The van der Waals surface area contributed by atoms with Crippen LogP contribution in [0.15, 0.2) is 47.2 Å². The Balaban J connectivity index is 1.78. The first-order chi connectivity index (χ1) is 18.6. The third-order valence-corrected chi connectivity index (χ3v) is 7.85. The summed E-state index contributed by atoms with van der Waals surface area (Å²) in [5.41, 5.74) is 1.79. The van der Waals surface area contributed by atoms with Gasteiger partial charge in [-0.25, -0.2) is 23.7 Å². The lowest BCUT2D eigenvalue weighted by atomic mass is 10.1. The van der Waals surface area contributed by atoms with Gasteiger partial charge in [0.15, 0.2) is 5.65 Å². The first-order valence-corrected chi connectivity index (χ1v) is 13.6. The number of pyridine rings is 1. The number of hydrogen-bond donors (Lipinski definition) is 1. The zero-order valence-electron chi connectivity index (χ0n) is 21.6. The van der Waals surface area contributed by atoms with Crippen LogP contribution in [-0.4, -0.2) is 61.1 Å². The van der Waals surface area contributed by atoms with Crippen molar-refractivity contribution in [3.05, 3.63) is 69.4 Å². The number of carbonyl (C=O) groups excluding carboxylic acids is 1. The molecule has 0 radical (unpaired) electrons. The molecule has 4 aromatic rings. The van der Waals surface area contributed by atoms with Gasteiger partial charge in [0.1, 0.15) is 22.4 Å². The molecule has 1 aliphatic heterocycles.